The summed E-state index contributed by atoms with van der Waals surface area (Å²) in [7, 11) is -3.80. The lowest BCUT2D eigenvalue weighted by molar-refractivity contribution is -0.162. The molecule has 0 saturated heterocycles. The molecular formula is C22H21F3N2O3S. The molecule has 1 aliphatic rings. The second kappa shape index (κ2) is 9.10. The van der Waals surface area contributed by atoms with Crippen molar-refractivity contribution in [2.24, 2.45) is 0 Å². The monoisotopic (exact) mass is 450 g/mol. The number of alkyl halides is 3. The number of carbonyl (C=O) groups is 1. The molecule has 0 bridgehead atoms. The molecule has 2 aromatic carbocycles. The van der Waals surface area contributed by atoms with Gasteiger partial charge in [-0.2, -0.15) is 18.4 Å². The number of hydrogen-bond donors (Lipinski definition) is 0. The van der Waals surface area contributed by atoms with Gasteiger partial charge in [-0.15, -0.1) is 0 Å². The smallest absolute Gasteiger partial charge is 0.329 e. The molecule has 0 radical (unpaired) electrons. The van der Waals surface area contributed by atoms with Crippen molar-refractivity contribution in [1.82, 2.24) is 4.90 Å². The summed E-state index contributed by atoms with van der Waals surface area (Å²) in [5.41, 5.74) is 2.83. The van der Waals surface area contributed by atoms with E-state index in [4.69, 9.17) is 5.26 Å². The van der Waals surface area contributed by atoms with Crippen LogP contribution in [-0.4, -0.2) is 37.7 Å². The Labute approximate surface area is 179 Å². The van der Waals surface area contributed by atoms with Crippen LogP contribution in [0.2, 0.25) is 0 Å². The second-order valence-electron chi connectivity index (χ2n) is 7.53. The van der Waals surface area contributed by atoms with Crippen LogP contribution in [0.4, 0.5) is 13.2 Å². The van der Waals surface area contributed by atoms with E-state index in [9.17, 15) is 26.4 Å². The number of fused-ring (bicyclic) bond motifs is 1. The Morgan fingerprint density at radius 2 is 1.74 bits per heavy atom. The van der Waals surface area contributed by atoms with Crippen LogP contribution in [0, 0.1) is 11.3 Å². The highest BCUT2D eigenvalue weighted by Gasteiger charge is 2.33. The molecule has 0 aromatic heterocycles. The molecule has 1 amide bonds. The quantitative estimate of drug-likeness (QED) is 0.643. The fraction of sp³-hybridized carbons (Fsp3) is 0.364. The molecule has 0 atom stereocenters. The molecule has 3 rings (SSSR count). The minimum atomic E-state index is -4.62. The number of rotatable bonds is 7. The highest BCUT2D eigenvalue weighted by Crippen LogP contribution is 2.26. The van der Waals surface area contributed by atoms with Gasteiger partial charge in [-0.3, -0.25) is 4.79 Å². The molecule has 31 heavy (non-hydrogen) atoms. The molecule has 0 N–H and O–H groups in total. The van der Waals surface area contributed by atoms with Crippen molar-refractivity contribution >= 4 is 15.7 Å². The molecule has 0 unspecified atom stereocenters. The van der Waals surface area contributed by atoms with Gasteiger partial charge in [-0.25, -0.2) is 8.42 Å². The van der Waals surface area contributed by atoms with E-state index in [-0.39, 0.29) is 11.4 Å². The Morgan fingerprint density at radius 1 is 1.06 bits per heavy atom. The number of benzene rings is 2. The standard InChI is InChI=1S/C22H21F3N2O3S/c23-22(24,25)15-27(14-17-6-4-16(13-26)5-7-17)21(28)10-11-31(29,30)20-9-8-18-2-1-3-19(18)12-20/h4-9,12H,1-3,10-11,14-15H2. The molecule has 0 spiro atoms. The number of amides is 1. The van der Waals surface area contributed by atoms with Crippen molar-refractivity contribution in [3.8, 4) is 6.07 Å². The summed E-state index contributed by atoms with van der Waals surface area (Å²) in [6, 6.07) is 12.6. The largest absolute Gasteiger partial charge is 0.406 e. The van der Waals surface area contributed by atoms with E-state index in [0.29, 0.717) is 16.0 Å². The van der Waals surface area contributed by atoms with E-state index >= 15 is 0 Å². The number of nitrogens with zero attached hydrogens (tertiary/aromatic N) is 2. The summed E-state index contributed by atoms with van der Waals surface area (Å²) >= 11 is 0. The summed E-state index contributed by atoms with van der Waals surface area (Å²) in [5.74, 6) is -1.46. The van der Waals surface area contributed by atoms with Gasteiger partial charge in [0.15, 0.2) is 9.84 Å². The number of aryl methyl sites for hydroxylation is 2. The van der Waals surface area contributed by atoms with Crippen LogP contribution in [0.15, 0.2) is 47.4 Å². The van der Waals surface area contributed by atoms with Gasteiger partial charge in [0.05, 0.1) is 22.3 Å². The highest BCUT2D eigenvalue weighted by atomic mass is 32.2. The Balaban J connectivity index is 1.71. The molecule has 5 nitrogen and oxygen atoms in total. The Hall–Kier alpha value is -2.86. The van der Waals surface area contributed by atoms with E-state index in [1.807, 2.05) is 6.07 Å². The van der Waals surface area contributed by atoms with Gasteiger partial charge in [0.1, 0.15) is 6.54 Å². The van der Waals surface area contributed by atoms with E-state index in [2.05, 4.69) is 0 Å². The topological polar surface area (TPSA) is 78.2 Å². The van der Waals surface area contributed by atoms with Crippen LogP contribution < -0.4 is 0 Å². The van der Waals surface area contributed by atoms with Crippen LogP contribution in [-0.2, 0) is 34.0 Å². The molecular weight excluding hydrogens is 429 g/mol. The number of sulfone groups is 1. The van der Waals surface area contributed by atoms with Crippen molar-refractivity contribution in [3.05, 3.63) is 64.7 Å². The first-order chi connectivity index (χ1) is 14.6. The lowest BCUT2D eigenvalue weighted by atomic mass is 10.1. The third-order valence-electron chi connectivity index (χ3n) is 5.19. The van der Waals surface area contributed by atoms with Crippen LogP contribution >= 0.6 is 0 Å². The van der Waals surface area contributed by atoms with Gasteiger partial charge in [0.25, 0.3) is 0 Å². The zero-order chi connectivity index (χ0) is 22.6. The minimum Gasteiger partial charge on any atom is -0.329 e. The summed E-state index contributed by atoms with van der Waals surface area (Å²) in [4.78, 5) is 13.2. The first-order valence-corrected chi connectivity index (χ1v) is 11.4. The third kappa shape index (κ3) is 6.07. The van der Waals surface area contributed by atoms with E-state index in [0.717, 1.165) is 30.4 Å². The van der Waals surface area contributed by atoms with Crippen LogP contribution in [0.25, 0.3) is 0 Å². The average Bonchev–Trinajstić information content (AvgIpc) is 3.19. The van der Waals surface area contributed by atoms with Crippen molar-refractivity contribution < 1.29 is 26.4 Å². The number of hydrogen-bond acceptors (Lipinski definition) is 4. The van der Waals surface area contributed by atoms with Crippen molar-refractivity contribution in [3.63, 3.8) is 0 Å². The molecule has 1 aliphatic carbocycles. The van der Waals surface area contributed by atoms with E-state index < -0.39 is 40.6 Å². The predicted octanol–water partition coefficient (Wildman–Crippen LogP) is 3.80. The average molecular weight is 450 g/mol. The van der Waals surface area contributed by atoms with Crippen LogP contribution in [0.5, 0.6) is 0 Å². The zero-order valence-electron chi connectivity index (χ0n) is 16.7. The molecule has 2 aromatic rings. The van der Waals surface area contributed by atoms with Crippen LogP contribution in [0.3, 0.4) is 0 Å². The van der Waals surface area contributed by atoms with Gasteiger partial charge in [0, 0.05) is 13.0 Å². The van der Waals surface area contributed by atoms with Gasteiger partial charge >= 0.3 is 6.18 Å². The molecule has 0 fully saturated rings. The normalized spacial score (nSPS) is 13.5. The molecule has 164 valence electrons. The molecule has 0 saturated carbocycles. The zero-order valence-corrected chi connectivity index (χ0v) is 17.5. The SMILES string of the molecule is N#Cc1ccc(CN(CC(F)(F)F)C(=O)CCS(=O)(=O)c2ccc3c(c2)CCC3)cc1. The number of carbonyl (C=O) groups excluding carboxylic acids is 1. The maximum Gasteiger partial charge on any atom is 0.406 e. The van der Waals surface area contributed by atoms with Crippen molar-refractivity contribution in [1.29, 1.82) is 5.26 Å². The van der Waals surface area contributed by atoms with E-state index in [1.54, 1.807) is 12.1 Å². The fourth-order valence-electron chi connectivity index (χ4n) is 3.59. The Kier molecular flexibility index (Phi) is 6.70. The Bertz CT molecular complexity index is 1100. The molecule has 0 heterocycles. The maximum atomic E-state index is 13.0. The van der Waals surface area contributed by atoms with Gasteiger partial charge in [-0.1, -0.05) is 18.2 Å². The number of nitriles is 1. The summed E-state index contributed by atoms with van der Waals surface area (Å²) in [5, 5.41) is 8.82. The summed E-state index contributed by atoms with van der Waals surface area (Å²) in [6.45, 7) is -1.81. The lowest BCUT2D eigenvalue weighted by Gasteiger charge is -2.24. The first-order valence-electron chi connectivity index (χ1n) is 9.75. The summed E-state index contributed by atoms with van der Waals surface area (Å²) < 4.78 is 64.3. The van der Waals surface area contributed by atoms with Crippen molar-refractivity contribution in [2.45, 2.75) is 43.3 Å². The lowest BCUT2D eigenvalue weighted by Crippen LogP contribution is -2.39. The van der Waals surface area contributed by atoms with Gasteiger partial charge in [0.2, 0.25) is 5.91 Å². The fourth-order valence-corrected chi connectivity index (χ4v) is 4.87. The molecule has 9 heteroatoms. The Morgan fingerprint density at radius 3 is 2.39 bits per heavy atom. The van der Waals surface area contributed by atoms with Crippen LogP contribution in [0.1, 0.15) is 35.1 Å². The summed E-state index contributed by atoms with van der Waals surface area (Å²) in [6.07, 6.45) is -2.52. The number of halogens is 3. The van der Waals surface area contributed by atoms with E-state index in [1.165, 1.54) is 30.3 Å². The minimum absolute atomic E-state index is 0.0930. The highest BCUT2D eigenvalue weighted by molar-refractivity contribution is 7.91. The predicted molar refractivity (Wildman–Crippen MR) is 108 cm³/mol. The first kappa shape index (κ1) is 22.8. The second-order valence-corrected chi connectivity index (χ2v) is 9.64. The molecule has 0 aliphatic heterocycles. The maximum absolute atomic E-state index is 13.0. The van der Waals surface area contributed by atoms with Crippen molar-refractivity contribution in [2.75, 3.05) is 12.3 Å². The van der Waals surface area contributed by atoms with Gasteiger partial charge < -0.3 is 4.90 Å². The van der Waals surface area contributed by atoms with Gasteiger partial charge in [-0.05, 0) is 60.2 Å². The third-order valence-corrected chi connectivity index (χ3v) is 6.91.